The van der Waals surface area contributed by atoms with Crippen molar-refractivity contribution in [2.45, 2.75) is 6.61 Å². The average Bonchev–Trinajstić information content (AvgIpc) is 2.45. The molecule has 0 spiro atoms. The fourth-order valence-electron chi connectivity index (χ4n) is 1.67. The van der Waals surface area contributed by atoms with Gasteiger partial charge in [0.2, 0.25) is 0 Å². The summed E-state index contributed by atoms with van der Waals surface area (Å²) in [5, 5.41) is 10.6. The summed E-state index contributed by atoms with van der Waals surface area (Å²) in [4.78, 5) is 10.4. The molecule has 2 aromatic carbocycles. The maximum Gasteiger partial charge on any atom is 0.269 e. The molecule has 0 aliphatic heterocycles. The van der Waals surface area contributed by atoms with Crippen LogP contribution in [0, 0.1) is 10.1 Å². The van der Waals surface area contributed by atoms with Crippen molar-refractivity contribution < 1.29 is 9.66 Å². The lowest BCUT2D eigenvalue weighted by atomic mass is 10.2. The number of nitrogens with zero attached hydrogens (tertiary/aromatic N) is 1. The Bertz CT molecular complexity index is 641. The van der Waals surface area contributed by atoms with Crippen LogP contribution in [0.5, 0.6) is 5.75 Å². The molecule has 0 bridgehead atoms. The normalized spacial score (nSPS) is 10.0. The first kappa shape index (κ1) is 14.0. The van der Waals surface area contributed by atoms with E-state index in [2.05, 4.69) is 0 Å². The standard InChI is InChI=1S/C14H12N2O3S/c15-14(20)12-3-1-2-4-13(12)19-9-10-5-7-11(8-6-10)16(17)18/h1-8H,9H2,(H2,15,20). The van der Waals surface area contributed by atoms with E-state index in [0.717, 1.165) is 5.56 Å². The summed E-state index contributed by atoms with van der Waals surface area (Å²) in [5.74, 6) is 0.596. The molecular weight excluding hydrogens is 276 g/mol. The van der Waals surface area contributed by atoms with Crippen LogP contribution in [-0.4, -0.2) is 9.91 Å². The van der Waals surface area contributed by atoms with E-state index in [4.69, 9.17) is 22.7 Å². The minimum absolute atomic E-state index is 0.0530. The van der Waals surface area contributed by atoms with Crippen LogP contribution in [0.4, 0.5) is 5.69 Å². The van der Waals surface area contributed by atoms with Crippen LogP contribution in [-0.2, 0) is 6.61 Å². The van der Waals surface area contributed by atoms with Gasteiger partial charge in [0.15, 0.2) is 0 Å². The zero-order valence-corrected chi connectivity index (χ0v) is 11.3. The Kier molecular flexibility index (Phi) is 4.27. The highest BCUT2D eigenvalue weighted by Crippen LogP contribution is 2.20. The molecule has 2 aromatic rings. The molecule has 0 heterocycles. The number of rotatable bonds is 5. The number of para-hydroxylation sites is 1. The highest BCUT2D eigenvalue weighted by molar-refractivity contribution is 7.80. The van der Waals surface area contributed by atoms with Gasteiger partial charge < -0.3 is 10.5 Å². The number of nitro benzene ring substituents is 1. The Morgan fingerprint density at radius 2 is 1.85 bits per heavy atom. The van der Waals surface area contributed by atoms with Crippen molar-refractivity contribution in [3.63, 3.8) is 0 Å². The first-order valence-electron chi connectivity index (χ1n) is 5.83. The average molecular weight is 288 g/mol. The lowest BCUT2D eigenvalue weighted by molar-refractivity contribution is -0.384. The van der Waals surface area contributed by atoms with Gasteiger partial charge in [-0.2, -0.15) is 0 Å². The molecule has 2 N–H and O–H groups in total. The van der Waals surface area contributed by atoms with Crippen molar-refractivity contribution >= 4 is 22.9 Å². The monoisotopic (exact) mass is 288 g/mol. The van der Waals surface area contributed by atoms with E-state index in [0.29, 0.717) is 11.3 Å². The summed E-state index contributed by atoms with van der Waals surface area (Å²) in [6.45, 7) is 0.289. The fraction of sp³-hybridized carbons (Fsp3) is 0.0714. The molecule has 0 saturated carbocycles. The second-order valence-electron chi connectivity index (χ2n) is 4.07. The lowest BCUT2D eigenvalue weighted by Gasteiger charge is -2.10. The van der Waals surface area contributed by atoms with Crippen LogP contribution < -0.4 is 10.5 Å². The number of thiocarbonyl (C=S) groups is 1. The smallest absolute Gasteiger partial charge is 0.269 e. The van der Waals surface area contributed by atoms with Crippen molar-refractivity contribution in [1.29, 1.82) is 0 Å². The quantitative estimate of drug-likeness (QED) is 0.520. The van der Waals surface area contributed by atoms with Gasteiger partial charge in [0.05, 0.1) is 10.5 Å². The molecule has 2 rings (SSSR count). The topological polar surface area (TPSA) is 78.4 Å². The molecule has 0 unspecified atom stereocenters. The van der Waals surface area contributed by atoms with E-state index in [1.165, 1.54) is 12.1 Å². The molecule has 0 amide bonds. The van der Waals surface area contributed by atoms with Gasteiger partial charge in [-0.3, -0.25) is 10.1 Å². The summed E-state index contributed by atoms with van der Waals surface area (Å²) in [7, 11) is 0. The predicted molar refractivity (Wildman–Crippen MR) is 79.8 cm³/mol. The Morgan fingerprint density at radius 3 is 2.45 bits per heavy atom. The van der Waals surface area contributed by atoms with Crippen LogP contribution in [0.2, 0.25) is 0 Å². The lowest BCUT2D eigenvalue weighted by Crippen LogP contribution is -2.11. The molecule has 20 heavy (non-hydrogen) atoms. The van der Waals surface area contributed by atoms with Crippen LogP contribution in [0.3, 0.4) is 0 Å². The maximum atomic E-state index is 10.6. The molecule has 0 atom stereocenters. The van der Waals surface area contributed by atoms with Crippen molar-refractivity contribution in [2.75, 3.05) is 0 Å². The Balaban J connectivity index is 2.09. The van der Waals surface area contributed by atoms with Gasteiger partial charge in [0.1, 0.15) is 17.3 Å². The molecule has 6 heteroatoms. The van der Waals surface area contributed by atoms with Crippen LogP contribution >= 0.6 is 12.2 Å². The van der Waals surface area contributed by atoms with E-state index in [1.807, 2.05) is 12.1 Å². The Morgan fingerprint density at radius 1 is 1.20 bits per heavy atom. The van der Waals surface area contributed by atoms with Gasteiger partial charge in [0, 0.05) is 12.1 Å². The zero-order chi connectivity index (χ0) is 14.5. The summed E-state index contributed by atoms with van der Waals surface area (Å²) in [6, 6.07) is 13.4. The number of benzene rings is 2. The fourth-order valence-corrected chi connectivity index (χ4v) is 1.84. The third kappa shape index (κ3) is 3.30. The highest BCUT2D eigenvalue weighted by Gasteiger charge is 2.07. The summed E-state index contributed by atoms with van der Waals surface area (Å²) in [5.41, 5.74) is 7.16. The first-order valence-corrected chi connectivity index (χ1v) is 6.23. The number of hydrogen-bond acceptors (Lipinski definition) is 4. The predicted octanol–water partition coefficient (Wildman–Crippen LogP) is 2.81. The molecule has 0 aromatic heterocycles. The molecule has 0 saturated heterocycles. The van der Waals surface area contributed by atoms with Gasteiger partial charge in [-0.1, -0.05) is 24.4 Å². The van der Waals surface area contributed by atoms with Gasteiger partial charge in [-0.25, -0.2) is 0 Å². The number of nitrogens with two attached hydrogens (primary N) is 1. The van der Waals surface area contributed by atoms with Crippen LogP contribution in [0.25, 0.3) is 0 Å². The van der Waals surface area contributed by atoms with Crippen molar-refractivity contribution in [3.8, 4) is 5.75 Å². The number of non-ortho nitro benzene ring substituents is 1. The van der Waals surface area contributed by atoms with Gasteiger partial charge >= 0.3 is 0 Å². The minimum atomic E-state index is -0.438. The van der Waals surface area contributed by atoms with Crippen molar-refractivity contribution in [2.24, 2.45) is 5.73 Å². The number of ether oxygens (including phenoxy) is 1. The summed E-state index contributed by atoms with van der Waals surface area (Å²) >= 11 is 4.95. The maximum absolute atomic E-state index is 10.6. The van der Waals surface area contributed by atoms with E-state index in [9.17, 15) is 10.1 Å². The zero-order valence-electron chi connectivity index (χ0n) is 10.5. The molecule has 0 aliphatic rings. The van der Waals surface area contributed by atoms with Crippen LogP contribution in [0.1, 0.15) is 11.1 Å². The Hall–Kier alpha value is -2.47. The molecule has 0 radical (unpaired) electrons. The van der Waals surface area contributed by atoms with E-state index < -0.39 is 4.92 Å². The summed E-state index contributed by atoms with van der Waals surface area (Å²) < 4.78 is 5.65. The van der Waals surface area contributed by atoms with Gasteiger partial charge in [-0.05, 0) is 29.8 Å². The van der Waals surface area contributed by atoms with Gasteiger partial charge in [0.25, 0.3) is 5.69 Å². The van der Waals surface area contributed by atoms with E-state index in [-0.39, 0.29) is 17.3 Å². The summed E-state index contributed by atoms with van der Waals surface area (Å²) in [6.07, 6.45) is 0. The van der Waals surface area contributed by atoms with Gasteiger partial charge in [-0.15, -0.1) is 0 Å². The third-order valence-electron chi connectivity index (χ3n) is 2.69. The molecule has 0 aliphatic carbocycles. The molecule has 5 nitrogen and oxygen atoms in total. The van der Waals surface area contributed by atoms with E-state index >= 15 is 0 Å². The van der Waals surface area contributed by atoms with Crippen molar-refractivity contribution in [1.82, 2.24) is 0 Å². The molecular formula is C14H12N2O3S. The van der Waals surface area contributed by atoms with Crippen molar-refractivity contribution in [3.05, 3.63) is 69.8 Å². The second kappa shape index (κ2) is 6.12. The third-order valence-corrected chi connectivity index (χ3v) is 2.91. The first-order chi connectivity index (χ1) is 9.58. The largest absolute Gasteiger partial charge is 0.488 e. The highest BCUT2D eigenvalue weighted by atomic mass is 32.1. The number of nitro groups is 1. The Labute approximate surface area is 121 Å². The number of hydrogen-bond donors (Lipinski definition) is 1. The van der Waals surface area contributed by atoms with E-state index in [1.54, 1.807) is 24.3 Å². The second-order valence-corrected chi connectivity index (χ2v) is 4.51. The van der Waals surface area contributed by atoms with Crippen LogP contribution in [0.15, 0.2) is 48.5 Å². The molecule has 102 valence electrons. The SMILES string of the molecule is NC(=S)c1ccccc1OCc1ccc([N+](=O)[O-])cc1. The minimum Gasteiger partial charge on any atom is -0.488 e. The molecule has 0 fully saturated rings.